The number of pyridine rings is 1. The molecule has 29 heavy (non-hydrogen) atoms. The summed E-state index contributed by atoms with van der Waals surface area (Å²) in [4.78, 5) is 20.0. The van der Waals surface area contributed by atoms with E-state index < -0.39 is 35.9 Å². The molecular weight excluding hydrogens is 413 g/mol. The molecule has 11 heteroatoms. The highest BCUT2D eigenvalue weighted by Gasteiger charge is 2.46. The number of benzene rings is 1. The molecule has 1 aliphatic rings. The van der Waals surface area contributed by atoms with Crippen LogP contribution in [0.2, 0.25) is 0 Å². The number of ether oxygens (including phenoxy) is 2. The van der Waals surface area contributed by atoms with Gasteiger partial charge in [-0.25, -0.2) is 18.2 Å². The van der Waals surface area contributed by atoms with E-state index >= 15 is 0 Å². The van der Waals surface area contributed by atoms with Crippen molar-refractivity contribution in [1.82, 2.24) is 4.98 Å². The van der Waals surface area contributed by atoms with Gasteiger partial charge in [-0.1, -0.05) is 0 Å². The Morgan fingerprint density at radius 1 is 1.34 bits per heavy atom. The van der Waals surface area contributed by atoms with Crippen LogP contribution >= 0.6 is 12.4 Å². The molecule has 1 amide bonds. The molecule has 0 unspecified atom stereocenters. The number of halogens is 4. The summed E-state index contributed by atoms with van der Waals surface area (Å²) in [7, 11) is 1.46. The molecule has 0 spiro atoms. The Kier molecular flexibility index (Phi) is 7.04. The number of aromatic nitrogens is 1. The zero-order valence-electron chi connectivity index (χ0n) is 15.2. The van der Waals surface area contributed by atoms with Gasteiger partial charge in [0.25, 0.3) is 12.3 Å². The van der Waals surface area contributed by atoms with Crippen LogP contribution in [0.4, 0.5) is 18.9 Å². The molecule has 0 aliphatic carbocycles. The van der Waals surface area contributed by atoms with E-state index in [-0.39, 0.29) is 36.2 Å². The number of nitrogens with zero attached hydrogens (tertiary/aromatic N) is 2. The number of nitrogens with two attached hydrogens (primary N) is 1. The first-order chi connectivity index (χ1) is 13.4. The van der Waals surface area contributed by atoms with Crippen molar-refractivity contribution in [2.75, 3.05) is 25.6 Å². The van der Waals surface area contributed by atoms with Gasteiger partial charge in [0.2, 0.25) is 0 Å². The summed E-state index contributed by atoms with van der Waals surface area (Å²) in [5.41, 5.74) is 2.99. The summed E-state index contributed by atoms with van der Waals surface area (Å²) in [6, 6.07) is 6.28. The molecule has 7 nitrogen and oxygen atoms in total. The van der Waals surface area contributed by atoms with Gasteiger partial charge >= 0.3 is 0 Å². The maximum atomic E-state index is 14.4. The summed E-state index contributed by atoms with van der Waals surface area (Å²) in [6.45, 7) is -0.657. The van der Waals surface area contributed by atoms with Crippen molar-refractivity contribution < 1.29 is 27.4 Å². The second-order valence-electron chi connectivity index (χ2n) is 6.05. The zero-order valence-corrected chi connectivity index (χ0v) is 16.0. The Morgan fingerprint density at radius 3 is 2.69 bits per heavy atom. The molecule has 2 heterocycles. The number of alkyl halides is 2. The predicted molar refractivity (Wildman–Crippen MR) is 103 cm³/mol. The van der Waals surface area contributed by atoms with Crippen molar-refractivity contribution in [2.24, 2.45) is 10.7 Å². The van der Waals surface area contributed by atoms with E-state index in [4.69, 9.17) is 15.2 Å². The molecule has 1 aliphatic heterocycles. The van der Waals surface area contributed by atoms with Crippen molar-refractivity contribution >= 4 is 29.8 Å². The van der Waals surface area contributed by atoms with Crippen molar-refractivity contribution in [3.8, 4) is 5.75 Å². The first kappa shape index (κ1) is 22.4. The highest BCUT2D eigenvalue weighted by Crippen LogP contribution is 2.38. The second-order valence-corrected chi connectivity index (χ2v) is 6.05. The minimum Gasteiger partial charge on any atom is -0.495 e. The number of methoxy groups -OCH3 is 1. The molecule has 156 valence electrons. The van der Waals surface area contributed by atoms with Crippen molar-refractivity contribution in [1.29, 1.82) is 0 Å². The fourth-order valence-corrected chi connectivity index (χ4v) is 2.76. The van der Waals surface area contributed by atoms with Crippen LogP contribution in [0, 0.1) is 5.82 Å². The number of nitrogens with one attached hydrogen (secondary N) is 1. The van der Waals surface area contributed by atoms with E-state index in [1.165, 1.54) is 25.4 Å². The third kappa shape index (κ3) is 4.60. The lowest BCUT2D eigenvalue weighted by Crippen LogP contribution is -2.45. The van der Waals surface area contributed by atoms with Crippen LogP contribution in [0.1, 0.15) is 16.1 Å². The highest BCUT2D eigenvalue weighted by molar-refractivity contribution is 6.02. The normalized spacial score (nSPS) is 18.6. The molecule has 0 saturated carbocycles. The fraction of sp³-hybridized carbons (Fsp3) is 0.278. The second kappa shape index (κ2) is 9.10. The van der Waals surface area contributed by atoms with Gasteiger partial charge < -0.3 is 20.5 Å². The first-order valence-electron chi connectivity index (χ1n) is 8.17. The molecule has 2 aromatic rings. The van der Waals surface area contributed by atoms with Crippen LogP contribution in [-0.2, 0) is 10.3 Å². The van der Waals surface area contributed by atoms with Crippen molar-refractivity contribution in [2.45, 2.75) is 12.0 Å². The average molecular weight is 431 g/mol. The molecule has 0 saturated heterocycles. The SMILES string of the molecule is COc1ccc(C(=O)Nc2ccc(F)c([C@]3(C(F)F)COCC(N)=N3)c2)nc1.Cl. The van der Waals surface area contributed by atoms with Crippen LogP contribution in [0.3, 0.4) is 0 Å². The molecule has 0 fully saturated rings. The van der Waals surface area contributed by atoms with E-state index in [1.54, 1.807) is 6.07 Å². The lowest BCUT2D eigenvalue weighted by molar-refractivity contribution is -0.0145. The molecule has 1 aromatic carbocycles. The lowest BCUT2D eigenvalue weighted by atomic mass is 9.90. The van der Waals surface area contributed by atoms with Crippen molar-refractivity contribution in [3.05, 3.63) is 53.6 Å². The summed E-state index contributed by atoms with van der Waals surface area (Å²) >= 11 is 0. The lowest BCUT2D eigenvalue weighted by Gasteiger charge is -2.33. The van der Waals surface area contributed by atoms with Gasteiger partial charge in [0.15, 0.2) is 5.54 Å². The van der Waals surface area contributed by atoms with Gasteiger partial charge in [-0.05, 0) is 30.3 Å². The largest absolute Gasteiger partial charge is 0.495 e. The summed E-state index contributed by atoms with van der Waals surface area (Å²) in [5, 5.41) is 2.50. The average Bonchev–Trinajstić information content (AvgIpc) is 2.69. The quantitative estimate of drug-likeness (QED) is 0.760. The predicted octanol–water partition coefficient (Wildman–Crippen LogP) is 2.75. The van der Waals surface area contributed by atoms with E-state index in [1.807, 2.05) is 0 Å². The number of hydrogen-bond acceptors (Lipinski definition) is 6. The number of carbonyl (C=O) groups is 1. The third-order valence-corrected chi connectivity index (χ3v) is 4.17. The summed E-state index contributed by atoms with van der Waals surface area (Å²) in [6.07, 6.45) is -1.72. The molecule has 1 atom stereocenters. The maximum absolute atomic E-state index is 14.4. The molecule has 0 radical (unpaired) electrons. The van der Waals surface area contributed by atoms with E-state index in [9.17, 15) is 18.0 Å². The number of anilines is 1. The molecule has 1 aromatic heterocycles. The molecule has 0 bridgehead atoms. The van der Waals surface area contributed by atoms with E-state index in [2.05, 4.69) is 15.3 Å². The van der Waals surface area contributed by atoms with Crippen LogP contribution in [0.15, 0.2) is 41.5 Å². The summed E-state index contributed by atoms with van der Waals surface area (Å²) in [5.74, 6) is -1.22. The molecular formula is C18H18ClF3N4O3. The standard InChI is InChI=1S/C18H17F3N4O3.ClH/c1-27-11-3-5-14(23-7-11)16(26)24-10-2-4-13(19)12(6-10)18(17(20)21)9-28-8-15(22)25-18;/h2-7,17H,8-9H2,1H3,(H2,22,25)(H,24,26);1H/t18-;/m0./s1. The Balaban J connectivity index is 0.00000300. The number of hydrogen-bond donors (Lipinski definition) is 2. The number of amidine groups is 1. The van der Waals surface area contributed by atoms with Crippen LogP contribution in [-0.4, -0.2) is 43.5 Å². The Bertz CT molecular complexity index is 912. The van der Waals surface area contributed by atoms with Crippen molar-refractivity contribution in [3.63, 3.8) is 0 Å². The fourth-order valence-electron chi connectivity index (χ4n) is 2.76. The number of amides is 1. The minimum absolute atomic E-state index is 0. The van der Waals surface area contributed by atoms with Crippen LogP contribution in [0.25, 0.3) is 0 Å². The Labute approximate surface area is 170 Å². The first-order valence-corrected chi connectivity index (χ1v) is 8.17. The Hall–Kier alpha value is -2.85. The maximum Gasteiger partial charge on any atom is 0.274 e. The minimum atomic E-state index is -3.07. The van der Waals surface area contributed by atoms with Crippen LogP contribution < -0.4 is 15.8 Å². The smallest absolute Gasteiger partial charge is 0.274 e. The van der Waals surface area contributed by atoms with Gasteiger partial charge in [0, 0.05) is 11.3 Å². The third-order valence-electron chi connectivity index (χ3n) is 4.17. The number of carbonyl (C=O) groups excluding carboxylic acids is 1. The van der Waals surface area contributed by atoms with Gasteiger partial charge in [-0.2, -0.15) is 0 Å². The number of aliphatic imine (C=N–C) groups is 1. The molecule has 3 rings (SSSR count). The highest BCUT2D eigenvalue weighted by atomic mass is 35.5. The topological polar surface area (TPSA) is 98.8 Å². The van der Waals surface area contributed by atoms with E-state index in [0.717, 1.165) is 12.1 Å². The monoisotopic (exact) mass is 430 g/mol. The number of rotatable bonds is 5. The van der Waals surface area contributed by atoms with E-state index in [0.29, 0.717) is 5.75 Å². The molecule has 3 N–H and O–H groups in total. The summed E-state index contributed by atoms with van der Waals surface area (Å²) < 4.78 is 52.1. The van der Waals surface area contributed by atoms with Gasteiger partial charge in [-0.15, -0.1) is 12.4 Å². The zero-order chi connectivity index (χ0) is 20.3. The Morgan fingerprint density at radius 2 is 2.10 bits per heavy atom. The van der Waals surface area contributed by atoms with Gasteiger partial charge in [0.05, 0.1) is 19.9 Å². The van der Waals surface area contributed by atoms with Gasteiger partial charge in [-0.3, -0.25) is 9.79 Å². The van der Waals surface area contributed by atoms with Crippen LogP contribution in [0.5, 0.6) is 5.75 Å². The van der Waals surface area contributed by atoms with Gasteiger partial charge in [0.1, 0.15) is 29.7 Å².